The Hall–Kier alpha value is -2.61. The second-order valence-electron chi connectivity index (χ2n) is 5.45. The maximum atomic E-state index is 12.5. The Morgan fingerprint density at radius 3 is 2.36 bits per heavy atom. The Labute approximate surface area is 148 Å². The highest BCUT2D eigenvalue weighted by molar-refractivity contribution is 7.92. The number of rotatable bonds is 7. The zero-order valence-corrected chi connectivity index (χ0v) is 15.3. The van der Waals surface area contributed by atoms with Crippen LogP contribution in [0.2, 0.25) is 0 Å². The van der Waals surface area contributed by atoms with Crippen molar-refractivity contribution in [3.8, 4) is 0 Å². The molecule has 0 fully saturated rings. The molecule has 0 unspecified atom stereocenters. The molecule has 0 aliphatic carbocycles. The van der Waals surface area contributed by atoms with Gasteiger partial charge in [-0.15, -0.1) is 0 Å². The minimum Gasteiger partial charge on any atom is -0.357 e. The van der Waals surface area contributed by atoms with Crippen LogP contribution >= 0.6 is 0 Å². The van der Waals surface area contributed by atoms with E-state index in [2.05, 4.69) is 19.9 Å². The first-order chi connectivity index (χ1) is 11.8. The average Bonchev–Trinajstić information content (AvgIpc) is 2.56. The van der Waals surface area contributed by atoms with E-state index in [1.165, 1.54) is 6.07 Å². The van der Waals surface area contributed by atoms with Crippen LogP contribution in [0.5, 0.6) is 0 Å². The van der Waals surface area contributed by atoms with Gasteiger partial charge < -0.3 is 10.2 Å². The molecule has 7 nitrogen and oxygen atoms in total. The molecule has 1 aromatic heterocycles. The molecule has 0 spiro atoms. The number of hydrogen-bond donors (Lipinski definition) is 2. The second-order valence-corrected chi connectivity index (χ2v) is 7.20. The molecule has 0 bridgehead atoms. The van der Waals surface area contributed by atoms with Crippen molar-refractivity contribution in [2.75, 3.05) is 34.3 Å². The molecular formula is C17H22N4O3S. The van der Waals surface area contributed by atoms with Gasteiger partial charge in [0.15, 0.2) is 0 Å². The third-order valence-electron chi connectivity index (χ3n) is 3.56. The Balaban J connectivity index is 2.18. The van der Waals surface area contributed by atoms with Gasteiger partial charge in [0.05, 0.1) is 29.4 Å². The number of carbonyl (C=O) groups is 1. The van der Waals surface area contributed by atoms with E-state index >= 15 is 0 Å². The van der Waals surface area contributed by atoms with Gasteiger partial charge in [0.1, 0.15) is 5.82 Å². The highest BCUT2D eigenvalue weighted by Gasteiger charge is 2.14. The van der Waals surface area contributed by atoms with Crippen LogP contribution < -0.4 is 14.9 Å². The van der Waals surface area contributed by atoms with Crippen LogP contribution in [0.25, 0.3) is 0 Å². The summed E-state index contributed by atoms with van der Waals surface area (Å²) >= 11 is 0. The Morgan fingerprint density at radius 1 is 1.12 bits per heavy atom. The second kappa shape index (κ2) is 7.98. The summed E-state index contributed by atoms with van der Waals surface area (Å²) in [5, 5.41) is 2.73. The van der Waals surface area contributed by atoms with E-state index < -0.39 is 15.9 Å². The molecule has 8 heteroatoms. The van der Waals surface area contributed by atoms with E-state index in [-0.39, 0.29) is 11.3 Å². The van der Waals surface area contributed by atoms with Crippen molar-refractivity contribution >= 4 is 33.1 Å². The number of amides is 1. The van der Waals surface area contributed by atoms with Crippen molar-refractivity contribution in [3.05, 3.63) is 48.2 Å². The van der Waals surface area contributed by atoms with Gasteiger partial charge in [-0.3, -0.25) is 9.52 Å². The molecule has 2 N–H and O–H groups in total. The van der Waals surface area contributed by atoms with Gasteiger partial charge in [-0.05, 0) is 38.1 Å². The van der Waals surface area contributed by atoms with Crippen LogP contribution in [0.15, 0.2) is 42.6 Å². The lowest BCUT2D eigenvalue weighted by atomic mass is 10.1. The molecule has 2 aromatic rings. The lowest BCUT2D eigenvalue weighted by Crippen LogP contribution is -2.23. The van der Waals surface area contributed by atoms with Crippen LogP contribution in [0.3, 0.4) is 0 Å². The molecule has 134 valence electrons. The van der Waals surface area contributed by atoms with Crippen molar-refractivity contribution in [2.45, 2.75) is 13.8 Å². The van der Waals surface area contributed by atoms with Crippen molar-refractivity contribution in [3.63, 3.8) is 0 Å². The molecule has 0 aliphatic rings. The smallest absolute Gasteiger partial charge is 0.257 e. The Morgan fingerprint density at radius 2 is 1.80 bits per heavy atom. The van der Waals surface area contributed by atoms with Crippen molar-refractivity contribution in [2.24, 2.45) is 0 Å². The summed E-state index contributed by atoms with van der Waals surface area (Å²) in [6, 6.07) is 10.0. The topological polar surface area (TPSA) is 91.4 Å². The van der Waals surface area contributed by atoms with Crippen LogP contribution in [0.4, 0.5) is 17.2 Å². The van der Waals surface area contributed by atoms with Gasteiger partial charge in [-0.25, -0.2) is 13.4 Å². The molecule has 0 atom stereocenters. The number of anilines is 3. The molecule has 2 rings (SSSR count). The van der Waals surface area contributed by atoms with Gasteiger partial charge in [-0.1, -0.05) is 12.1 Å². The zero-order valence-electron chi connectivity index (χ0n) is 14.5. The predicted molar refractivity (Wildman–Crippen MR) is 101 cm³/mol. The average molecular weight is 362 g/mol. The van der Waals surface area contributed by atoms with E-state index in [1.54, 1.807) is 30.5 Å². The van der Waals surface area contributed by atoms with Crippen LogP contribution in [0.1, 0.15) is 24.2 Å². The Bertz CT molecular complexity index is 831. The van der Waals surface area contributed by atoms with Gasteiger partial charge >= 0.3 is 0 Å². The van der Waals surface area contributed by atoms with Crippen molar-refractivity contribution in [1.29, 1.82) is 0 Å². The summed E-state index contributed by atoms with van der Waals surface area (Å²) < 4.78 is 25.2. The fourth-order valence-electron chi connectivity index (χ4n) is 2.36. The van der Waals surface area contributed by atoms with Crippen LogP contribution in [-0.2, 0) is 10.0 Å². The number of pyridine rings is 1. The maximum Gasteiger partial charge on any atom is 0.257 e. The van der Waals surface area contributed by atoms with Crippen molar-refractivity contribution < 1.29 is 13.2 Å². The quantitative estimate of drug-likeness (QED) is 0.790. The summed E-state index contributed by atoms with van der Waals surface area (Å²) in [6.07, 6.45) is 2.62. The zero-order chi connectivity index (χ0) is 18.4. The number of hydrogen-bond acceptors (Lipinski definition) is 5. The summed E-state index contributed by atoms with van der Waals surface area (Å²) in [5.41, 5.74) is 1.01. The predicted octanol–water partition coefficient (Wildman–Crippen LogP) is 2.55. The summed E-state index contributed by atoms with van der Waals surface area (Å²) in [5.74, 6) is 0.422. The normalized spacial score (nSPS) is 11.0. The molecule has 25 heavy (non-hydrogen) atoms. The molecule has 0 saturated heterocycles. The highest BCUT2D eigenvalue weighted by Crippen LogP contribution is 2.19. The minimum atomic E-state index is -3.47. The highest BCUT2D eigenvalue weighted by atomic mass is 32.2. The fourth-order valence-corrected chi connectivity index (χ4v) is 2.94. The molecule has 1 heterocycles. The van der Waals surface area contributed by atoms with E-state index in [4.69, 9.17) is 0 Å². The number of aromatic nitrogens is 1. The van der Waals surface area contributed by atoms with Crippen molar-refractivity contribution in [1.82, 2.24) is 4.98 Å². The van der Waals surface area contributed by atoms with Gasteiger partial charge in [-0.2, -0.15) is 0 Å². The van der Waals surface area contributed by atoms with E-state index in [1.807, 2.05) is 19.9 Å². The van der Waals surface area contributed by atoms with Gasteiger partial charge in [0.2, 0.25) is 10.0 Å². The largest absolute Gasteiger partial charge is 0.357 e. The summed E-state index contributed by atoms with van der Waals surface area (Å²) in [7, 11) is -3.47. The lowest BCUT2D eigenvalue weighted by molar-refractivity contribution is 0.102. The number of benzene rings is 1. The number of nitrogens with one attached hydrogen (secondary N) is 2. The number of nitrogens with zero attached hydrogens (tertiary/aromatic N) is 2. The maximum absolute atomic E-state index is 12.5. The number of sulfonamides is 1. The van der Waals surface area contributed by atoms with Crippen LogP contribution in [-0.4, -0.2) is 38.7 Å². The molecule has 0 aliphatic heterocycles. The van der Waals surface area contributed by atoms with E-state index in [9.17, 15) is 13.2 Å². The van der Waals surface area contributed by atoms with E-state index in [0.29, 0.717) is 5.69 Å². The molecule has 1 amide bonds. The third kappa shape index (κ3) is 5.18. The molecular weight excluding hydrogens is 340 g/mol. The van der Waals surface area contributed by atoms with Gasteiger partial charge in [0.25, 0.3) is 5.91 Å². The van der Waals surface area contributed by atoms with Crippen LogP contribution in [0, 0.1) is 0 Å². The minimum absolute atomic E-state index is 0.232. The molecule has 0 radical (unpaired) electrons. The SMILES string of the molecule is CCN(CC)c1ccc(NC(=O)c2ccccc2NS(C)(=O)=O)cn1. The summed E-state index contributed by atoms with van der Waals surface area (Å²) in [6.45, 7) is 5.79. The monoisotopic (exact) mass is 362 g/mol. The van der Waals surface area contributed by atoms with E-state index in [0.717, 1.165) is 25.2 Å². The number of para-hydroxylation sites is 1. The first kappa shape index (κ1) is 18.7. The summed E-state index contributed by atoms with van der Waals surface area (Å²) in [4.78, 5) is 18.9. The first-order valence-corrected chi connectivity index (χ1v) is 9.82. The molecule has 1 aromatic carbocycles. The van der Waals surface area contributed by atoms with Gasteiger partial charge in [0, 0.05) is 13.1 Å². The lowest BCUT2D eigenvalue weighted by Gasteiger charge is -2.19. The third-order valence-corrected chi connectivity index (χ3v) is 4.15. The standard InChI is InChI=1S/C17H22N4O3S/c1-4-21(5-2)16-11-10-13(12-18-16)19-17(22)14-8-6-7-9-15(14)20-25(3,23)24/h6-12,20H,4-5H2,1-3H3,(H,19,22). The molecule has 0 saturated carbocycles. The number of carbonyl (C=O) groups excluding carboxylic acids is 1. The first-order valence-electron chi connectivity index (χ1n) is 7.93. The fraction of sp³-hybridized carbons (Fsp3) is 0.294. The Kier molecular flexibility index (Phi) is 5.97.